The fourth-order valence-corrected chi connectivity index (χ4v) is 2.73. The van der Waals surface area contributed by atoms with E-state index in [2.05, 4.69) is 18.2 Å². The average molecular weight is 238 g/mol. The van der Waals surface area contributed by atoms with Gasteiger partial charge in [-0.25, -0.2) is 4.79 Å². The zero-order chi connectivity index (χ0) is 10.0. The quantitative estimate of drug-likeness (QED) is 0.673. The van der Waals surface area contributed by atoms with E-state index in [1.54, 1.807) is 11.7 Å². The highest BCUT2D eigenvalue weighted by molar-refractivity contribution is 8.01. The molecule has 1 saturated heterocycles. The number of nitrogens with zero attached hydrogens (tertiary/aromatic N) is 2. The highest BCUT2D eigenvalue weighted by atomic mass is 32.0. The summed E-state index contributed by atoms with van der Waals surface area (Å²) in [5.41, 5.74) is 0. The van der Waals surface area contributed by atoms with E-state index >= 15 is 0 Å². The number of carbonyl (C=O) groups excluding carboxylic acids is 2. The number of ketones is 1. The van der Waals surface area contributed by atoms with Crippen LogP contribution in [0.1, 0.15) is 0 Å². The van der Waals surface area contributed by atoms with Crippen molar-refractivity contribution < 1.29 is 9.59 Å². The number of urea groups is 1. The van der Waals surface area contributed by atoms with Gasteiger partial charge in [0.25, 0.3) is 0 Å². The van der Waals surface area contributed by atoms with Crippen LogP contribution in [0.15, 0.2) is 0 Å². The second-order valence-electron chi connectivity index (χ2n) is 2.82. The van der Waals surface area contributed by atoms with Crippen molar-refractivity contribution in [2.75, 3.05) is 19.8 Å². The number of amides is 2. The Kier molecular flexibility index (Phi) is 4.04. The molecule has 0 radical (unpaired) electrons. The number of carbonyl (C=O) groups is 2. The Hall–Kier alpha value is 0.230. The third kappa shape index (κ3) is 2.18. The number of likely N-dealkylation sites (N-methyl/N-ethyl adjacent to an activating group) is 1. The van der Waals surface area contributed by atoms with Crippen molar-refractivity contribution >= 4 is 38.4 Å². The molecular formula is C6H13N2O2P3. The summed E-state index contributed by atoms with van der Waals surface area (Å²) in [5.74, 6) is 0.103. The number of rotatable bonds is 3. The highest BCUT2D eigenvalue weighted by Crippen LogP contribution is 2.32. The van der Waals surface area contributed by atoms with Crippen LogP contribution in [0.3, 0.4) is 0 Å². The Morgan fingerprint density at radius 3 is 2.77 bits per heavy atom. The molecule has 2 amide bonds. The molecule has 1 fully saturated rings. The Morgan fingerprint density at radius 1 is 1.77 bits per heavy atom. The van der Waals surface area contributed by atoms with Crippen LogP contribution in [0.5, 0.6) is 0 Å². The molecule has 0 aliphatic carbocycles. The first-order valence-electron chi connectivity index (χ1n) is 3.85. The third-order valence-electron chi connectivity index (χ3n) is 2.08. The van der Waals surface area contributed by atoms with E-state index in [0.717, 1.165) is 0 Å². The first-order valence-corrected chi connectivity index (χ1v) is 7.42. The monoisotopic (exact) mass is 238 g/mol. The van der Waals surface area contributed by atoms with Crippen molar-refractivity contribution in [1.82, 2.24) is 9.57 Å². The van der Waals surface area contributed by atoms with Crippen LogP contribution in [0.25, 0.3) is 0 Å². The summed E-state index contributed by atoms with van der Waals surface area (Å²) in [5, 5.41) is 0. The topological polar surface area (TPSA) is 40.6 Å². The molecule has 74 valence electrons. The zero-order valence-corrected chi connectivity index (χ0v) is 10.7. The van der Waals surface area contributed by atoms with E-state index < -0.39 is 0 Å². The maximum Gasteiger partial charge on any atom is 0.323 e. The molecule has 1 rings (SSSR count). The van der Waals surface area contributed by atoms with Gasteiger partial charge in [0.1, 0.15) is 6.04 Å². The summed E-state index contributed by atoms with van der Waals surface area (Å²) in [6.07, 6.45) is 0.413. The van der Waals surface area contributed by atoms with E-state index in [4.69, 9.17) is 0 Å². The second-order valence-corrected chi connectivity index (χ2v) is 4.80. The predicted molar refractivity (Wildman–Crippen MR) is 61.3 cm³/mol. The predicted octanol–water partition coefficient (Wildman–Crippen LogP) is 0.550. The second kappa shape index (κ2) is 4.64. The van der Waals surface area contributed by atoms with Crippen LogP contribution < -0.4 is 0 Å². The largest absolute Gasteiger partial charge is 0.323 e. The van der Waals surface area contributed by atoms with Gasteiger partial charge in [-0.1, -0.05) is 8.93 Å². The molecule has 0 aromatic heterocycles. The molecule has 0 aromatic carbocycles. The summed E-state index contributed by atoms with van der Waals surface area (Å²) in [6, 6.07) is -0.303. The zero-order valence-electron chi connectivity index (χ0n) is 7.36. The van der Waals surface area contributed by atoms with Crippen LogP contribution in [0.4, 0.5) is 4.79 Å². The lowest BCUT2D eigenvalue weighted by atomic mass is 10.2. The first-order chi connectivity index (χ1) is 6.11. The molecule has 1 aliphatic heterocycles. The van der Waals surface area contributed by atoms with Gasteiger partial charge in [0.15, 0.2) is 5.78 Å². The van der Waals surface area contributed by atoms with Crippen LogP contribution in [-0.2, 0) is 4.79 Å². The van der Waals surface area contributed by atoms with Gasteiger partial charge in [0.05, 0.1) is 6.54 Å². The van der Waals surface area contributed by atoms with Crippen molar-refractivity contribution in [2.24, 2.45) is 0 Å². The van der Waals surface area contributed by atoms with Gasteiger partial charge >= 0.3 is 6.03 Å². The summed E-state index contributed by atoms with van der Waals surface area (Å²) in [4.78, 5) is 24.4. The summed E-state index contributed by atoms with van der Waals surface area (Å²) >= 11 is 0. The van der Waals surface area contributed by atoms with Gasteiger partial charge in [-0.3, -0.25) is 4.79 Å². The molecule has 1 aliphatic rings. The average Bonchev–Trinajstić information content (AvgIpc) is 2.43. The smallest absolute Gasteiger partial charge is 0.316 e. The van der Waals surface area contributed by atoms with Crippen LogP contribution in [0, 0.1) is 0 Å². The van der Waals surface area contributed by atoms with E-state index in [0.29, 0.717) is 21.1 Å². The van der Waals surface area contributed by atoms with E-state index in [1.165, 1.54) is 4.90 Å². The van der Waals surface area contributed by atoms with Gasteiger partial charge in [-0.2, -0.15) is 0 Å². The molecule has 0 spiro atoms. The third-order valence-corrected chi connectivity index (χ3v) is 4.11. The Balaban J connectivity index is 2.71. The molecule has 1 heterocycles. The van der Waals surface area contributed by atoms with Crippen LogP contribution >= 0.6 is 26.6 Å². The Labute approximate surface area is 83.9 Å². The SMILES string of the molecule is CN1C(=O)N(PP)C[C@H]1C(=O)CP. The molecule has 0 N–H and O–H groups in total. The van der Waals surface area contributed by atoms with Crippen LogP contribution in [0.2, 0.25) is 0 Å². The molecule has 4 nitrogen and oxygen atoms in total. The minimum absolute atomic E-state index is 0.0508. The van der Waals surface area contributed by atoms with Gasteiger partial charge in [-0.15, -0.1) is 9.24 Å². The number of Topliss-reactive ketones (excluding diaryl/α,β-unsaturated/α-hetero) is 1. The molecule has 3 unspecified atom stereocenters. The molecule has 0 aromatic rings. The van der Waals surface area contributed by atoms with Crippen molar-refractivity contribution in [3.05, 3.63) is 0 Å². The standard InChI is InChI=1S/C6H13N2O2P3/c1-7-4(5(9)3-11)2-8(13-12)6(7)10/h4,13H,2-3,11-12H2,1H3/t4-/m0/s1. The molecule has 13 heavy (non-hydrogen) atoms. The van der Waals surface area contributed by atoms with E-state index in [9.17, 15) is 9.59 Å². The fourth-order valence-electron chi connectivity index (χ4n) is 1.26. The summed E-state index contributed by atoms with van der Waals surface area (Å²) in [6.45, 7) is 0.532. The van der Waals surface area contributed by atoms with Gasteiger partial charge in [0.2, 0.25) is 0 Å². The molecule has 0 bridgehead atoms. The minimum Gasteiger partial charge on any atom is -0.316 e. The Bertz CT molecular complexity index is 236. The van der Waals surface area contributed by atoms with E-state index in [-0.39, 0.29) is 17.9 Å². The van der Waals surface area contributed by atoms with Gasteiger partial charge in [0, 0.05) is 13.2 Å². The number of hydrogen-bond acceptors (Lipinski definition) is 2. The fraction of sp³-hybridized carbons (Fsp3) is 0.667. The number of hydrogen-bond donors (Lipinski definition) is 0. The van der Waals surface area contributed by atoms with E-state index in [1.807, 2.05) is 0 Å². The summed E-state index contributed by atoms with van der Waals surface area (Å²) < 4.78 is 1.67. The molecule has 4 atom stereocenters. The van der Waals surface area contributed by atoms with Gasteiger partial charge in [-0.05, 0) is 8.42 Å². The maximum absolute atomic E-state index is 11.5. The normalized spacial score (nSPS) is 23.6. The van der Waals surface area contributed by atoms with Gasteiger partial charge < -0.3 is 9.57 Å². The maximum atomic E-state index is 11.5. The lowest BCUT2D eigenvalue weighted by Gasteiger charge is -2.15. The lowest BCUT2D eigenvalue weighted by molar-refractivity contribution is -0.119. The minimum atomic E-state index is -0.252. The summed E-state index contributed by atoms with van der Waals surface area (Å²) in [7, 11) is 6.94. The Morgan fingerprint density at radius 2 is 2.38 bits per heavy atom. The molecule has 0 saturated carbocycles. The molecular weight excluding hydrogens is 225 g/mol. The van der Waals surface area contributed by atoms with Crippen molar-refractivity contribution in [3.8, 4) is 0 Å². The van der Waals surface area contributed by atoms with Crippen molar-refractivity contribution in [3.63, 3.8) is 0 Å². The highest BCUT2D eigenvalue weighted by Gasteiger charge is 2.37. The lowest BCUT2D eigenvalue weighted by Crippen LogP contribution is -2.37. The van der Waals surface area contributed by atoms with Crippen molar-refractivity contribution in [2.45, 2.75) is 6.04 Å². The van der Waals surface area contributed by atoms with Crippen molar-refractivity contribution in [1.29, 1.82) is 0 Å². The first kappa shape index (κ1) is 11.3. The molecule has 7 heteroatoms. The van der Waals surface area contributed by atoms with Crippen LogP contribution in [-0.4, -0.2) is 47.2 Å².